The van der Waals surface area contributed by atoms with E-state index in [4.69, 9.17) is 5.73 Å². The topological polar surface area (TPSA) is 30.9 Å². The van der Waals surface area contributed by atoms with Crippen molar-refractivity contribution in [2.24, 2.45) is 5.73 Å². The van der Waals surface area contributed by atoms with E-state index in [0.717, 1.165) is 13.0 Å². The lowest BCUT2D eigenvalue weighted by molar-refractivity contribution is 0.560. The van der Waals surface area contributed by atoms with Crippen LogP contribution in [0.25, 0.3) is 0 Å². The number of hydrogen-bond donors (Lipinski definition) is 1. The zero-order valence-corrected chi connectivity index (χ0v) is 13.1. The van der Waals surface area contributed by atoms with E-state index >= 15 is 0 Å². The summed E-state index contributed by atoms with van der Waals surface area (Å²) in [6.45, 7) is 2.00. The van der Waals surface area contributed by atoms with E-state index in [1.165, 1.54) is 77.2 Å². The van der Waals surface area contributed by atoms with Gasteiger partial charge in [0.25, 0.3) is 0 Å². The zero-order valence-electron chi connectivity index (χ0n) is 13.1. The first-order chi connectivity index (χ1) is 9.92. The van der Waals surface area contributed by atoms with Crippen molar-refractivity contribution in [3.8, 4) is 0 Å². The summed E-state index contributed by atoms with van der Waals surface area (Å²) in [6, 6.07) is 4.76. The largest absolute Gasteiger partial charge is 0.349 e. The highest BCUT2D eigenvalue weighted by Crippen LogP contribution is 2.19. The Morgan fingerprint density at radius 2 is 1.25 bits per heavy atom. The number of unbranched alkanes of at least 4 members (excludes halogenated alkanes) is 1. The summed E-state index contributed by atoms with van der Waals surface area (Å²) in [5.41, 5.74) is 8.77. The average Bonchev–Trinajstić information content (AvgIpc) is 2.84. The molecule has 0 amide bonds. The Kier molecular flexibility index (Phi) is 7.21. The quantitative estimate of drug-likeness (QED) is 0.809. The Morgan fingerprint density at radius 3 is 1.75 bits per heavy atom. The molecule has 1 aromatic heterocycles. The third-order valence-electron chi connectivity index (χ3n) is 4.61. The summed E-state index contributed by atoms with van der Waals surface area (Å²) in [4.78, 5) is 0. The number of rotatable bonds is 4. The normalized spacial score (nSPS) is 18.1. The Bertz CT molecular complexity index is 338. The Hall–Kier alpha value is -0.760. The van der Waals surface area contributed by atoms with Gasteiger partial charge in [-0.2, -0.15) is 0 Å². The summed E-state index contributed by atoms with van der Waals surface area (Å²) in [7, 11) is 0. The SMILES string of the molecule is NCCCCn1c2ccc1CCCCCCCCCC2. The van der Waals surface area contributed by atoms with Gasteiger partial charge in [0.05, 0.1) is 0 Å². The summed E-state index contributed by atoms with van der Waals surface area (Å²) >= 11 is 0. The number of nitrogens with zero attached hydrogens (tertiary/aromatic N) is 1. The lowest BCUT2D eigenvalue weighted by atomic mass is 10.1. The minimum atomic E-state index is 0.825. The first-order valence-corrected chi connectivity index (χ1v) is 8.79. The van der Waals surface area contributed by atoms with Crippen LogP contribution in [0.5, 0.6) is 0 Å². The number of aromatic nitrogens is 1. The molecule has 0 unspecified atom stereocenters. The molecule has 2 bridgehead atoms. The second kappa shape index (κ2) is 9.23. The molecule has 0 spiro atoms. The first kappa shape index (κ1) is 15.6. The molecular formula is C18H32N2. The minimum Gasteiger partial charge on any atom is -0.349 e. The number of aryl methyl sites for hydroxylation is 2. The van der Waals surface area contributed by atoms with Gasteiger partial charge in [-0.05, 0) is 57.2 Å². The van der Waals surface area contributed by atoms with Crippen LogP contribution >= 0.6 is 0 Å². The van der Waals surface area contributed by atoms with Crippen LogP contribution in [-0.2, 0) is 19.4 Å². The molecule has 1 aromatic rings. The van der Waals surface area contributed by atoms with E-state index in [9.17, 15) is 0 Å². The predicted octanol–water partition coefficient (Wildman–Crippen LogP) is 4.45. The van der Waals surface area contributed by atoms with Gasteiger partial charge < -0.3 is 10.3 Å². The molecule has 2 heterocycles. The summed E-state index contributed by atoms with van der Waals surface area (Å²) in [5, 5.41) is 0. The van der Waals surface area contributed by atoms with Crippen LogP contribution in [0.2, 0.25) is 0 Å². The molecule has 0 radical (unpaired) electrons. The summed E-state index contributed by atoms with van der Waals surface area (Å²) in [6.07, 6.45) is 16.2. The van der Waals surface area contributed by atoms with Crippen molar-refractivity contribution in [3.05, 3.63) is 23.5 Å². The molecule has 0 atom stereocenters. The summed E-state index contributed by atoms with van der Waals surface area (Å²) in [5.74, 6) is 0. The third kappa shape index (κ3) is 4.97. The molecule has 2 N–H and O–H groups in total. The molecule has 2 rings (SSSR count). The van der Waals surface area contributed by atoms with Gasteiger partial charge in [-0.3, -0.25) is 0 Å². The highest BCUT2D eigenvalue weighted by Gasteiger charge is 2.08. The molecule has 0 aliphatic carbocycles. The molecule has 0 saturated carbocycles. The van der Waals surface area contributed by atoms with E-state index in [0.29, 0.717) is 0 Å². The third-order valence-corrected chi connectivity index (χ3v) is 4.61. The molecular weight excluding hydrogens is 244 g/mol. The predicted molar refractivity (Wildman–Crippen MR) is 87.1 cm³/mol. The van der Waals surface area contributed by atoms with Crippen LogP contribution in [0.4, 0.5) is 0 Å². The highest BCUT2D eigenvalue weighted by molar-refractivity contribution is 5.17. The van der Waals surface area contributed by atoms with Crippen molar-refractivity contribution in [1.29, 1.82) is 0 Å². The van der Waals surface area contributed by atoms with Crippen LogP contribution in [0.15, 0.2) is 12.1 Å². The van der Waals surface area contributed by atoms with Crippen LogP contribution in [-0.4, -0.2) is 11.1 Å². The van der Waals surface area contributed by atoms with Crippen molar-refractivity contribution in [2.45, 2.75) is 83.6 Å². The standard InChI is InChI=1S/C18H32N2/c19-15-9-10-16-20-17-11-7-5-3-1-2-4-6-8-12-18(20)14-13-17/h13-14H,1-12,15-16,19H2. The fourth-order valence-electron chi connectivity index (χ4n) is 3.37. The van der Waals surface area contributed by atoms with E-state index in [2.05, 4.69) is 16.7 Å². The molecule has 0 aromatic carbocycles. The number of hydrogen-bond acceptors (Lipinski definition) is 1. The van der Waals surface area contributed by atoms with Gasteiger partial charge in [0, 0.05) is 17.9 Å². The van der Waals surface area contributed by atoms with Crippen LogP contribution in [0.3, 0.4) is 0 Å². The van der Waals surface area contributed by atoms with Gasteiger partial charge in [-0.15, -0.1) is 0 Å². The second-order valence-electron chi connectivity index (χ2n) is 6.29. The fraction of sp³-hybridized carbons (Fsp3) is 0.778. The number of fused-ring (bicyclic) bond motifs is 2. The molecule has 2 heteroatoms. The van der Waals surface area contributed by atoms with Gasteiger partial charge in [0.15, 0.2) is 0 Å². The van der Waals surface area contributed by atoms with E-state index in [1.807, 2.05) is 0 Å². The van der Waals surface area contributed by atoms with Gasteiger partial charge >= 0.3 is 0 Å². The van der Waals surface area contributed by atoms with Crippen molar-refractivity contribution in [3.63, 3.8) is 0 Å². The van der Waals surface area contributed by atoms with E-state index < -0.39 is 0 Å². The minimum absolute atomic E-state index is 0.825. The Balaban J connectivity index is 2.00. The van der Waals surface area contributed by atoms with Crippen molar-refractivity contribution < 1.29 is 0 Å². The molecule has 0 saturated heterocycles. The van der Waals surface area contributed by atoms with Crippen molar-refractivity contribution in [1.82, 2.24) is 4.57 Å². The maximum absolute atomic E-state index is 5.64. The Morgan fingerprint density at radius 1 is 0.750 bits per heavy atom. The molecule has 1 aliphatic rings. The zero-order chi connectivity index (χ0) is 14.0. The Labute approximate surface area is 124 Å². The average molecular weight is 276 g/mol. The van der Waals surface area contributed by atoms with E-state index in [-0.39, 0.29) is 0 Å². The smallest absolute Gasteiger partial charge is 0.0225 e. The first-order valence-electron chi connectivity index (χ1n) is 8.79. The second-order valence-corrected chi connectivity index (χ2v) is 6.29. The van der Waals surface area contributed by atoms with Crippen molar-refractivity contribution >= 4 is 0 Å². The van der Waals surface area contributed by atoms with Crippen molar-refractivity contribution in [2.75, 3.05) is 6.54 Å². The molecule has 114 valence electrons. The van der Waals surface area contributed by atoms with Gasteiger partial charge in [-0.1, -0.05) is 38.5 Å². The van der Waals surface area contributed by atoms with Gasteiger partial charge in [-0.25, -0.2) is 0 Å². The van der Waals surface area contributed by atoms with Gasteiger partial charge in [0.1, 0.15) is 0 Å². The lowest BCUT2D eigenvalue weighted by Gasteiger charge is -2.13. The van der Waals surface area contributed by atoms with Crippen LogP contribution in [0.1, 0.15) is 75.6 Å². The summed E-state index contributed by atoms with van der Waals surface area (Å²) < 4.78 is 2.60. The molecule has 1 aliphatic heterocycles. The lowest BCUT2D eigenvalue weighted by Crippen LogP contribution is -2.09. The monoisotopic (exact) mass is 276 g/mol. The van der Waals surface area contributed by atoms with Crippen LogP contribution < -0.4 is 5.73 Å². The maximum atomic E-state index is 5.64. The highest BCUT2D eigenvalue weighted by atomic mass is 15.0. The molecule has 2 nitrogen and oxygen atoms in total. The molecule has 20 heavy (non-hydrogen) atoms. The molecule has 0 fully saturated rings. The maximum Gasteiger partial charge on any atom is 0.0225 e. The fourth-order valence-corrected chi connectivity index (χ4v) is 3.37. The van der Waals surface area contributed by atoms with Crippen LogP contribution in [0, 0.1) is 0 Å². The van der Waals surface area contributed by atoms with E-state index in [1.54, 1.807) is 11.4 Å². The number of nitrogens with two attached hydrogens (primary N) is 1. The van der Waals surface area contributed by atoms with Gasteiger partial charge in [0.2, 0.25) is 0 Å².